The Bertz CT molecular complexity index is 677. The van der Waals surface area contributed by atoms with Crippen molar-refractivity contribution in [3.63, 3.8) is 0 Å². The number of carbonyl (C=O) groups is 1. The van der Waals surface area contributed by atoms with E-state index in [1.807, 2.05) is 12.1 Å². The number of hydrogen-bond donors (Lipinski definition) is 0. The lowest BCUT2D eigenvalue weighted by Gasteiger charge is -2.30. The lowest BCUT2D eigenvalue weighted by molar-refractivity contribution is 0.0136. The largest absolute Gasteiger partial charge is 0.369 e. The van der Waals surface area contributed by atoms with E-state index < -0.39 is 0 Å². The van der Waals surface area contributed by atoms with Crippen LogP contribution in [0.5, 0.6) is 0 Å². The Hall–Kier alpha value is -1.66. The highest BCUT2D eigenvalue weighted by molar-refractivity contribution is 5.92. The summed E-state index contributed by atoms with van der Waals surface area (Å²) >= 11 is 0. The van der Waals surface area contributed by atoms with E-state index in [9.17, 15) is 4.79 Å². The lowest BCUT2D eigenvalue weighted by Crippen LogP contribution is -2.40. The van der Waals surface area contributed by atoms with Crippen LogP contribution in [0.2, 0.25) is 0 Å². The summed E-state index contributed by atoms with van der Waals surface area (Å²) in [6.45, 7) is 2.95. The summed E-state index contributed by atoms with van der Waals surface area (Å²) < 4.78 is 6.49. The van der Waals surface area contributed by atoms with Gasteiger partial charge < -0.3 is 19.4 Å². The van der Waals surface area contributed by atoms with Crippen LogP contribution in [0.4, 0.5) is 5.82 Å². The lowest BCUT2D eigenvalue weighted by atomic mass is 9.73. The average Bonchev–Trinajstić information content (AvgIpc) is 3.23. The van der Waals surface area contributed by atoms with Crippen molar-refractivity contribution in [1.82, 2.24) is 14.8 Å². The Kier molecular flexibility index (Phi) is 4.00. The van der Waals surface area contributed by atoms with Gasteiger partial charge in [0.05, 0.1) is 11.7 Å². The fraction of sp³-hybridized carbons (Fsp3) is 0.684. The molecule has 4 rings (SSSR count). The molecule has 0 saturated carbocycles. The fourth-order valence-corrected chi connectivity index (χ4v) is 4.98. The monoisotopic (exact) mass is 344 g/mol. The first-order valence-electron chi connectivity index (χ1n) is 9.16. The maximum Gasteiger partial charge on any atom is 0.272 e. The first-order valence-corrected chi connectivity index (χ1v) is 9.16. The summed E-state index contributed by atoms with van der Waals surface area (Å²) in [5, 5.41) is 0. The molecule has 3 aliphatic heterocycles. The van der Waals surface area contributed by atoms with Crippen molar-refractivity contribution >= 4 is 11.7 Å². The highest BCUT2D eigenvalue weighted by Crippen LogP contribution is 2.55. The Morgan fingerprint density at radius 3 is 2.88 bits per heavy atom. The van der Waals surface area contributed by atoms with Gasteiger partial charge in [0.25, 0.3) is 5.91 Å². The number of rotatable bonds is 4. The minimum atomic E-state index is -0.0536. The van der Waals surface area contributed by atoms with Gasteiger partial charge in [-0.2, -0.15) is 0 Å². The molecule has 4 atom stereocenters. The van der Waals surface area contributed by atoms with Crippen LogP contribution in [0.3, 0.4) is 0 Å². The SMILES string of the molecule is CN(C)C[C@H]1[C@H]2CN(c3cccc(C(=O)N(C)C)n3)C[C@]23CC[C@H]1O3. The molecule has 2 bridgehead atoms. The number of amides is 1. The van der Waals surface area contributed by atoms with Gasteiger partial charge in [-0.25, -0.2) is 4.98 Å². The van der Waals surface area contributed by atoms with E-state index in [-0.39, 0.29) is 11.5 Å². The van der Waals surface area contributed by atoms with Gasteiger partial charge in [-0.05, 0) is 39.1 Å². The number of fused-ring (bicyclic) bond motifs is 1. The molecule has 0 N–H and O–H groups in total. The molecule has 0 aromatic carbocycles. The van der Waals surface area contributed by atoms with Crippen molar-refractivity contribution in [1.29, 1.82) is 0 Å². The number of nitrogens with zero attached hydrogens (tertiary/aromatic N) is 4. The van der Waals surface area contributed by atoms with Crippen LogP contribution in [0.15, 0.2) is 18.2 Å². The van der Waals surface area contributed by atoms with E-state index in [0.29, 0.717) is 23.6 Å². The molecule has 0 unspecified atom stereocenters. The van der Waals surface area contributed by atoms with Gasteiger partial charge in [0.1, 0.15) is 11.5 Å². The average molecular weight is 344 g/mol. The third kappa shape index (κ3) is 2.72. The molecule has 0 radical (unpaired) electrons. The van der Waals surface area contributed by atoms with Crippen LogP contribution in [-0.2, 0) is 4.74 Å². The second kappa shape index (κ2) is 5.95. The summed E-state index contributed by atoms with van der Waals surface area (Å²) in [4.78, 5) is 23.0. The van der Waals surface area contributed by atoms with Crippen LogP contribution < -0.4 is 4.90 Å². The van der Waals surface area contributed by atoms with Crippen LogP contribution in [-0.4, -0.2) is 80.2 Å². The molecular weight excluding hydrogens is 316 g/mol. The molecule has 1 aromatic rings. The quantitative estimate of drug-likeness (QED) is 0.825. The molecule has 136 valence electrons. The molecule has 0 aliphatic carbocycles. The van der Waals surface area contributed by atoms with E-state index >= 15 is 0 Å². The Morgan fingerprint density at radius 2 is 2.16 bits per heavy atom. The number of carbonyl (C=O) groups excluding carboxylic acids is 1. The maximum absolute atomic E-state index is 12.2. The van der Waals surface area contributed by atoms with Crippen molar-refractivity contribution < 1.29 is 9.53 Å². The van der Waals surface area contributed by atoms with Gasteiger partial charge in [0.15, 0.2) is 0 Å². The van der Waals surface area contributed by atoms with E-state index in [2.05, 4.69) is 28.9 Å². The molecule has 25 heavy (non-hydrogen) atoms. The molecule has 3 aliphatic rings. The minimum absolute atomic E-state index is 0.00537. The summed E-state index contributed by atoms with van der Waals surface area (Å²) in [5.74, 6) is 2.00. The Morgan fingerprint density at radius 1 is 1.36 bits per heavy atom. The zero-order chi connectivity index (χ0) is 17.8. The fourth-order valence-electron chi connectivity index (χ4n) is 4.98. The van der Waals surface area contributed by atoms with Crippen molar-refractivity contribution in [2.75, 3.05) is 52.7 Å². The smallest absolute Gasteiger partial charge is 0.272 e. The summed E-state index contributed by atoms with van der Waals surface area (Å²) in [7, 11) is 7.80. The zero-order valence-electron chi connectivity index (χ0n) is 15.6. The molecular formula is C19H28N4O2. The molecule has 3 saturated heterocycles. The summed E-state index contributed by atoms with van der Waals surface area (Å²) in [6, 6.07) is 5.73. The van der Waals surface area contributed by atoms with Gasteiger partial charge in [-0.15, -0.1) is 0 Å². The zero-order valence-corrected chi connectivity index (χ0v) is 15.6. The molecule has 1 spiro atoms. The van der Waals surface area contributed by atoms with E-state index in [1.165, 1.54) is 6.42 Å². The standard InChI is InChI=1S/C19H28N4O2/c1-21(2)10-13-14-11-23(12-19(14)9-8-16(13)25-19)17-7-5-6-15(20-17)18(24)22(3)4/h5-7,13-14,16H,8-12H2,1-4H3/t13-,14+,16+,19+/m0/s1. The van der Waals surface area contributed by atoms with Crippen molar-refractivity contribution in [3.8, 4) is 0 Å². The number of pyridine rings is 1. The Balaban J connectivity index is 1.57. The van der Waals surface area contributed by atoms with Gasteiger partial charge >= 0.3 is 0 Å². The molecule has 1 amide bonds. The summed E-state index contributed by atoms with van der Waals surface area (Å²) in [6.07, 6.45) is 2.75. The molecule has 6 heteroatoms. The highest BCUT2D eigenvalue weighted by atomic mass is 16.5. The van der Waals surface area contributed by atoms with Crippen LogP contribution in [0, 0.1) is 11.8 Å². The highest BCUT2D eigenvalue weighted by Gasteiger charge is 2.63. The number of ether oxygens (including phenoxy) is 1. The number of aromatic nitrogens is 1. The number of hydrogen-bond acceptors (Lipinski definition) is 5. The van der Waals surface area contributed by atoms with Gasteiger partial charge in [-0.3, -0.25) is 4.79 Å². The summed E-state index contributed by atoms with van der Waals surface area (Å²) in [5.41, 5.74) is 0.501. The normalized spacial score (nSPS) is 33.2. The predicted octanol–water partition coefficient (Wildman–Crippen LogP) is 1.33. The van der Waals surface area contributed by atoms with E-state index in [0.717, 1.165) is 31.9 Å². The van der Waals surface area contributed by atoms with Crippen molar-refractivity contribution in [3.05, 3.63) is 23.9 Å². The molecule has 1 aromatic heterocycles. The molecule has 6 nitrogen and oxygen atoms in total. The van der Waals surface area contributed by atoms with Gasteiger partial charge in [0, 0.05) is 45.6 Å². The minimum Gasteiger partial charge on any atom is -0.369 e. The van der Waals surface area contributed by atoms with Crippen LogP contribution >= 0.6 is 0 Å². The van der Waals surface area contributed by atoms with Crippen molar-refractivity contribution in [2.24, 2.45) is 11.8 Å². The Labute approximate surface area is 149 Å². The second-order valence-electron chi connectivity index (χ2n) is 8.25. The second-order valence-corrected chi connectivity index (χ2v) is 8.25. The third-order valence-electron chi connectivity index (χ3n) is 6.04. The first kappa shape index (κ1) is 16.8. The number of anilines is 1. The maximum atomic E-state index is 12.2. The van der Waals surface area contributed by atoms with Gasteiger partial charge in [-0.1, -0.05) is 6.07 Å². The molecule has 4 heterocycles. The third-order valence-corrected chi connectivity index (χ3v) is 6.04. The predicted molar refractivity (Wildman–Crippen MR) is 96.8 cm³/mol. The van der Waals surface area contributed by atoms with Crippen molar-refractivity contribution in [2.45, 2.75) is 24.5 Å². The van der Waals surface area contributed by atoms with Gasteiger partial charge in [0.2, 0.25) is 0 Å². The topological polar surface area (TPSA) is 48.9 Å². The van der Waals surface area contributed by atoms with Crippen LogP contribution in [0.1, 0.15) is 23.3 Å². The van der Waals surface area contributed by atoms with E-state index in [4.69, 9.17) is 4.74 Å². The van der Waals surface area contributed by atoms with E-state index in [1.54, 1.807) is 25.1 Å². The molecule has 3 fully saturated rings. The first-order chi connectivity index (χ1) is 11.9. The van der Waals surface area contributed by atoms with Crippen LogP contribution in [0.25, 0.3) is 0 Å².